The van der Waals surface area contributed by atoms with Crippen LogP contribution in [-0.2, 0) is 16.0 Å². The van der Waals surface area contributed by atoms with Crippen LogP contribution in [0.1, 0.15) is 30.7 Å². The van der Waals surface area contributed by atoms with E-state index >= 15 is 0 Å². The molecule has 0 saturated carbocycles. The number of hydrogen-bond acceptors (Lipinski definition) is 7. The van der Waals surface area contributed by atoms with Gasteiger partial charge in [-0.25, -0.2) is 9.59 Å². The van der Waals surface area contributed by atoms with E-state index in [1.165, 1.54) is 24.2 Å². The maximum absolute atomic E-state index is 11.0. The lowest BCUT2D eigenvalue weighted by atomic mass is 10.0. The first kappa shape index (κ1) is 36.7. The maximum Gasteiger partial charge on any atom is 0.336 e. The minimum absolute atomic E-state index is 0. The Morgan fingerprint density at radius 3 is 2.17 bits per heavy atom. The molecule has 10 heteroatoms. The van der Waals surface area contributed by atoms with Gasteiger partial charge >= 0.3 is 11.9 Å². The number of hydrogen-bond donors (Lipinski definition) is 3. The molecule has 2 atom stereocenters. The van der Waals surface area contributed by atoms with Crippen LogP contribution in [0.3, 0.4) is 0 Å². The first-order chi connectivity index (χ1) is 18.6. The fraction of sp³-hybridized carbons (Fsp3) is 0.300. The zero-order valence-corrected chi connectivity index (χ0v) is 24.8. The van der Waals surface area contributed by atoms with Crippen LogP contribution in [0.2, 0.25) is 5.02 Å². The number of aliphatic hydroxyl groups is 1. The topological polar surface area (TPSA) is 112 Å². The van der Waals surface area contributed by atoms with Crippen LogP contribution in [0.5, 0.6) is 5.75 Å². The normalized spacial score (nSPS) is 11.7. The van der Waals surface area contributed by atoms with Crippen molar-refractivity contribution in [3.63, 3.8) is 0 Å². The molecule has 0 fully saturated rings. The van der Waals surface area contributed by atoms with Crippen LogP contribution in [0.4, 0.5) is 0 Å². The Bertz CT molecular complexity index is 1120. The average Bonchev–Trinajstić information content (AvgIpc) is 2.94. The lowest BCUT2D eigenvalue weighted by Gasteiger charge is -2.17. The molecule has 0 spiro atoms. The van der Waals surface area contributed by atoms with Crippen molar-refractivity contribution in [1.82, 2.24) is 15.2 Å². The third-order valence-electron chi connectivity index (χ3n) is 5.23. The van der Waals surface area contributed by atoms with Crippen molar-refractivity contribution in [2.45, 2.75) is 31.9 Å². The Balaban J connectivity index is 0.000000568. The predicted octanol–water partition coefficient (Wildman–Crippen LogP) is 5.21. The number of aliphatic carboxylic acids is 1. The van der Waals surface area contributed by atoms with E-state index in [1.54, 1.807) is 12.1 Å². The molecule has 0 bridgehead atoms. The van der Waals surface area contributed by atoms with E-state index < -0.39 is 18.0 Å². The number of carbonyl (C=O) groups is 2. The summed E-state index contributed by atoms with van der Waals surface area (Å²) in [5.74, 6) is -1.65. The number of ether oxygens (including phenoxy) is 1. The van der Waals surface area contributed by atoms with E-state index in [0.29, 0.717) is 16.8 Å². The van der Waals surface area contributed by atoms with Crippen LogP contribution in [0.25, 0.3) is 0 Å². The van der Waals surface area contributed by atoms with Gasteiger partial charge < -0.3 is 25.2 Å². The molecule has 0 radical (unpaired) electrons. The third kappa shape index (κ3) is 17.3. The molecule has 8 nitrogen and oxygen atoms in total. The number of nitrogens with one attached hydrogen (secondary N) is 1. The number of benzene rings is 2. The van der Waals surface area contributed by atoms with Gasteiger partial charge in [0, 0.05) is 35.1 Å². The monoisotopic (exact) mass is 591 g/mol. The molecular formula is C30H39Cl2N3O5. The van der Waals surface area contributed by atoms with Gasteiger partial charge in [-0.2, -0.15) is 0 Å². The van der Waals surface area contributed by atoms with E-state index in [2.05, 4.69) is 35.4 Å². The van der Waals surface area contributed by atoms with Gasteiger partial charge in [0.25, 0.3) is 0 Å². The van der Waals surface area contributed by atoms with Gasteiger partial charge in [0.15, 0.2) is 0 Å². The van der Waals surface area contributed by atoms with Crippen LogP contribution < -0.4 is 10.1 Å². The Kier molecular flexibility index (Phi) is 19.8. The van der Waals surface area contributed by atoms with E-state index in [4.69, 9.17) is 21.4 Å². The van der Waals surface area contributed by atoms with Gasteiger partial charge in [0.05, 0.1) is 6.10 Å². The van der Waals surface area contributed by atoms with Crippen LogP contribution in [0.15, 0.2) is 91.1 Å². The molecule has 0 amide bonds. The fourth-order valence-corrected chi connectivity index (χ4v) is 3.14. The average molecular weight is 593 g/mol. The predicted molar refractivity (Wildman–Crippen MR) is 162 cm³/mol. The molecule has 0 aliphatic rings. The SMILES string of the molecule is CN(C)CCCc1ccccn1.CN[C@@H](C)[C@H](O)c1ccccc1.Cl.O=C(O)/C=C\C(=O)Oc1ccc(Cl)cc1. The molecule has 218 valence electrons. The maximum atomic E-state index is 11.0. The number of nitrogens with zero attached hydrogens (tertiary/aromatic N) is 2. The lowest BCUT2D eigenvalue weighted by molar-refractivity contribution is -0.133. The number of likely N-dealkylation sites (N-methyl/N-ethyl adjacent to an activating group) is 1. The molecule has 0 saturated heterocycles. The Morgan fingerprint density at radius 2 is 1.65 bits per heavy atom. The van der Waals surface area contributed by atoms with Gasteiger partial charge in [0.1, 0.15) is 5.75 Å². The summed E-state index contributed by atoms with van der Waals surface area (Å²) in [5, 5.41) is 21.5. The van der Waals surface area contributed by atoms with Gasteiger partial charge in [-0.05, 0) is 89.4 Å². The number of aromatic nitrogens is 1. The van der Waals surface area contributed by atoms with Crippen molar-refractivity contribution in [2.24, 2.45) is 0 Å². The Labute approximate surface area is 248 Å². The number of rotatable bonds is 10. The number of aliphatic hydroxyl groups excluding tert-OH is 1. The summed E-state index contributed by atoms with van der Waals surface area (Å²) in [6, 6.07) is 22.0. The number of esters is 1. The largest absolute Gasteiger partial charge is 0.478 e. The molecule has 3 rings (SSSR count). The number of halogens is 2. The highest BCUT2D eigenvalue weighted by atomic mass is 35.5. The van der Waals surface area contributed by atoms with E-state index in [-0.39, 0.29) is 18.4 Å². The number of carboxylic acid groups (broad SMARTS) is 1. The molecule has 2 aromatic carbocycles. The van der Waals surface area contributed by atoms with Gasteiger partial charge in [-0.1, -0.05) is 48.0 Å². The van der Waals surface area contributed by atoms with Crippen molar-refractivity contribution < 1.29 is 24.5 Å². The number of carboxylic acids is 1. The quantitative estimate of drug-likeness (QED) is 0.167. The van der Waals surface area contributed by atoms with E-state index in [1.807, 2.05) is 62.6 Å². The number of pyridine rings is 1. The minimum atomic E-state index is -1.21. The molecule has 1 aromatic heterocycles. The van der Waals surface area contributed by atoms with E-state index in [0.717, 1.165) is 24.6 Å². The highest BCUT2D eigenvalue weighted by Gasteiger charge is 2.13. The van der Waals surface area contributed by atoms with Crippen LogP contribution in [0, 0.1) is 0 Å². The number of carbonyl (C=O) groups excluding carboxylic acids is 1. The summed E-state index contributed by atoms with van der Waals surface area (Å²) < 4.78 is 4.77. The molecule has 0 unspecified atom stereocenters. The zero-order valence-electron chi connectivity index (χ0n) is 23.2. The summed E-state index contributed by atoms with van der Waals surface area (Å²) in [7, 11) is 6.04. The summed E-state index contributed by atoms with van der Waals surface area (Å²) in [5.41, 5.74) is 2.15. The lowest BCUT2D eigenvalue weighted by Crippen LogP contribution is -2.28. The molecule has 3 aromatic rings. The second-order valence-corrected chi connectivity index (χ2v) is 9.14. The summed E-state index contributed by atoms with van der Waals surface area (Å²) in [4.78, 5) is 27.5. The Hall–Kier alpha value is -3.27. The minimum Gasteiger partial charge on any atom is -0.478 e. The van der Waals surface area contributed by atoms with Gasteiger partial charge in [-0.15, -0.1) is 12.4 Å². The Morgan fingerprint density at radius 1 is 1.02 bits per heavy atom. The van der Waals surface area contributed by atoms with Gasteiger partial charge in [0.2, 0.25) is 0 Å². The third-order valence-corrected chi connectivity index (χ3v) is 5.48. The second kappa shape index (κ2) is 21.5. The summed E-state index contributed by atoms with van der Waals surface area (Å²) >= 11 is 5.62. The van der Waals surface area contributed by atoms with Crippen molar-refractivity contribution in [3.8, 4) is 5.75 Å². The molecule has 3 N–H and O–H groups in total. The van der Waals surface area contributed by atoms with Crippen LogP contribution in [-0.4, -0.2) is 65.8 Å². The summed E-state index contributed by atoms with van der Waals surface area (Å²) in [6.45, 7) is 3.09. The molecule has 0 aliphatic heterocycles. The summed E-state index contributed by atoms with van der Waals surface area (Å²) in [6.07, 6.45) is 5.24. The standard InChI is InChI=1S/C10H7ClO4.C10H16N2.C10H15NO.ClH/c11-7-1-3-8(4-2-7)15-10(14)6-5-9(12)13;1-12(2)9-5-7-10-6-3-4-8-11-10;1-8(11-2)10(12)9-6-4-3-5-7-9;/h1-6H,(H,12,13);3-4,6,8H,5,7,9H2,1-2H3;3-8,10-12H,1-2H3;1H/b6-5-;;;/t;;8-,10-;/m..0./s1. The molecule has 1 heterocycles. The molecule has 40 heavy (non-hydrogen) atoms. The van der Waals surface area contributed by atoms with Crippen molar-refractivity contribution in [2.75, 3.05) is 27.7 Å². The zero-order chi connectivity index (χ0) is 29.0. The highest BCUT2D eigenvalue weighted by molar-refractivity contribution is 6.30. The highest BCUT2D eigenvalue weighted by Crippen LogP contribution is 2.16. The smallest absolute Gasteiger partial charge is 0.336 e. The van der Waals surface area contributed by atoms with Crippen molar-refractivity contribution in [1.29, 1.82) is 0 Å². The van der Waals surface area contributed by atoms with Crippen molar-refractivity contribution in [3.05, 3.63) is 107 Å². The second-order valence-electron chi connectivity index (χ2n) is 8.71. The number of aryl methyl sites for hydroxylation is 1. The van der Waals surface area contributed by atoms with Crippen molar-refractivity contribution >= 4 is 35.9 Å². The van der Waals surface area contributed by atoms with Gasteiger partial charge in [-0.3, -0.25) is 4.98 Å². The first-order valence-electron chi connectivity index (χ1n) is 12.5. The fourth-order valence-electron chi connectivity index (χ4n) is 3.01. The van der Waals surface area contributed by atoms with E-state index in [9.17, 15) is 14.7 Å². The van der Waals surface area contributed by atoms with Crippen LogP contribution >= 0.6 is 24.0 Å². The molecule has 0 aliphatic carbocycles. The molecular weight excluding hydrogens is 553 g/mol. The first-order valence-corrected chi connectivity index (χ1v) is 12.8.